The number of unbranched alkanes of at least 4 members (excludes halogenated alkanes) is 7. The maximum Gasteiger partial charge on any atom is 0.0800 e. The summed E-state index contributed by atoms with van der Waals surface area (Å²) in [6, 6.07) is 8.87. The number of nitrogens with zero attached hydrogens (tertiary/aromatic N) is 2. The van der Waals surface area contributed by atoms with Crippen LogP contribution in [0.5, 0.6) is 0 Å². The van der Waals surface area contributed by atoms with Crippen molar-refractivity contribution >= 4 is 78.2 Å². The molecule has 8 bridgehead atoms. The third-order valence-corrected chi connectivity index (χ3v) is 10.7. The van der Waals surface area contributed by atoms with Crippen molar-refractivity contribution < 1.29 is 0 Å². The van der Waals surface area contributed by atoms with Crippen LogP contribution in [0.2, 0.25) is 0 Å². The quantitative estimate of drug-likeness (QED) is 0.143. The minimum Gasteiger partial charge on any atom is -0.354 e. The van der Waals surface area contributed by atoms with Crippen LogP contribution in [0.25, 0.3) is 46.4 Å². The number of halogens is 2. The largest absolute Gasteiger partial charge is 0.354 e. The van der Waals surface area contributed by atoms with E-state index in [4.69, 9.17) is 9.97 Å². The minimum atomic E-state index is 0.536. The third-order valence-electron chi connectivity index (χ3n) is 9.07. The lowest BCUT2D eigenvalue weighted by Crippen LogP contribution is -2.05. The molecule has 4 nitrogen and oxygen atoms in total. The summed E-state index contributed by atoms with van der Waals surface area (Å²) >= 11 is 7.82. The summed E-state index contributed by atoms with van der Waals surface area (Å²) in [5, 5.41) is 0. The van der Waals surface area contributed by atoms with E-state index in [2.05, 4.69) is 97.3 Å². The molecular weight excluding hydrogens is 648 g/mol. The first-order chi connectivity index (χ1) is 20.6. The lowest BCUT2D eigenvalue weighted by molar-refractivity contribution is 0.446. The monoisotopic (exact) mass is 688 g/mol. The molecule has 42 heavy (non-hydrogen) atoms. The number of H-pyrrole nitrogens is 2. The lowest BCUT2D eigenvalue weighted by atomic mass is 9.84. The standard InChI is InChI=1S/C36H42Br2N4/c1-2-3-4-5-6-7-8-12-15-25-26-16-20-30(39-26)35(37)32-22-18-28(41-32)34(24-13-10-9-11-14-24)29-19-23-33(42-29)36(38)31-21-17-27(25)40-31/h16-24,41-42H,2-15H2,1H3. The number of rotatable bonds is 10. The van der Waals surface area contributed by atoms with Crippen molar-refractivity contribution in [1.29, 1.82) is 0 Å². The van der Waals surface area contributed by atoms with E-state index in [1.54, 1.807) is 0 Å². The summed E-state index contributed by atoms with van der Waals surface area (Å²) in [6.07, 6.45) is 26.4. The van der Waals surface area contributed by atoms with E-state index >= 15 is 0 Å². The van der Waals surface area contributed by atoms with Crippen molar-refractivity contribution in [3.8, 4) is 0 Å². The van der Waals surface area contributed by atoms with Gasteiger partial charge in [0.2, 0.25) is 0 Å². The van der Waals surface area contributed by atoms with Crippen LogP contribution in [0.1, 0.15) is 130 Å². The fourth-order valence-electron chi connectivity index (χ4n) is 6.74. The molecule has 0 atom stereocenters. The Bertz CT molecular complexity index is 1530. The normalized spacial score (nSPS) is 15.1. The highest BCUT2D eigenvalue weighted by Gasteiger charge is 2.20. The molecule has 0 spiro atoms. The highest BCUT2D eigenvalue weighted by molar-refractivity contribution is 9.11. The molecule has 0 saturated heterocycles. The van der Waals surface area contributed by atoms with E-state index in [-0.39, 0.29) is 0 Å². The van der Waals surface area contributed by atoms with Gasteiger partial charge in [0.25, 0.3) is 0 Å². The summed E-state index contributed by atoms with van der Waals surface area (Å²) in [5.41, 5.74) is 11.1. The van der Waals surface area contributed by atoms with Crippen molar-refractivity contribution in [2.24, 2.45) is 0 Å². The van der Waals surface area contributed by atoms with Gasteiger partial charge in [0.15, 0.2) is 0 Å². The Morgan fingerprint density at radius 2 is 1.10 bits per heavy atom. The molecule has 0 unspecified atom stereocenters. The zero-order valence-electron chi connectivity index (χ0n) is 24.7. The Morgan fingerprint density at radius 3 is 1.64 bits per heavy atom. The molecule has 2 aliphatic heterocycles. The first-order valence-electron chi connectivity index (χ1n) is 16.1. The molecule has 6 rings (SSSR count). The zero-order chi connectivity index (χ0) is 28.9. The Morgan fingerprint density at radius 1 is 0.619 bits per heavy atom. The van der Waals surface area contributed by atoms with E-state index in [0.29, 0.717) is 5.92 Å². The van der Waals surface area contributed by atoms with Crippen LogP contribution in [0.3, 0.4) is 0 Å². The van der Waals surface area contributed by atoms with Crippen molar-refractivity contribution in [3.05, 3.63) is 67.1 Å². The Kier molecular flexibility index (Phi) is 9.80. The van der Waals surface area contributed by atoms with Gasteiger partial charge in [-0.05, 0) is 112 Å². The Balaban J connectivity index is 1.45. The molecule has 3 aromatic heterocycles. The maximum atomic E-state index is 5.15. The van der Waals surface area contributed by atoms with Crippen molar-refractivity contribution in [2.75, 3.05) is 0 Å². The number of nitrogens with one attached hydrogen (secondary N) is 2. The molecular formula is C36H42Br2N4. The van der Waals surface area contributed by atoms with Crippen molar-refractivity contribution in [2.45, 2.75) is 103 Å². The van der Waals surface area contributed by atoms with Gasteiger partial charge in [-0.1, -0.05) is 71.1 Å². The molecule has 0 amide bonds. The Labute approximate surface area is 266 Å². The smallest absolute Gasteiger partial charge is 0.0800 e. The second-order valence-corrected chi connectivity index (χ2v) is 13.7. The average Bonchev–Trinajstić information content (AvgIpc) is 3.84. The predicted octanol–water partition coefficient (Wildman–Crippen LogP) is 11.9. The molecule has 1 aliphatic carbocycles. The summed E-state index contributed by atoms with van der Waals surface area (Å²) in [7, 11) is 0. The zero-order valence-corrected chi connectivity index (χ0v) is 27.9. The van der Waals surface area contributed by atoms with Gasteiger partial charge in [-0.15, -0.1) is 0 Å². The summed E-state index contributed by atoms with van der Waals surface area (Å²) < 4.78 is 2.00. The molecule has 3 aliphatic rings. The van der Waals surface area contributed by atoms with Gasteiger partial charge in [0.1, 0.15) is 0 Å². The fraction of sp³-hybridized carbons (Fsp3) is 0.444. The average molecular weight is 691 g/mol. The van der Waals surface area contributed by atoms with Gasteiger partial charge in [0, 0.05) is 22.2 Å². The summed E-state index contributed by atoms with van der Waals surface area (Å²) in [6.45, 7) is 2.28. The van der Waals surface area contributed by atoms with Crippen molar-refractivity contribution in [1.82, 2.24) is 19.9 Å². The molecule has 220 valence electrons. The molecule has 6 heteroatoms. The molecule has 1 saturated carbocycles. The van der Waals surface area contributed by atoms with Gasteiger partial charge >= 0.3 is 0 Å². The van der Waals surface area contributed by atoms with Gasteiger partial charge in [-0.3, -0.25) is 0 Å². The van der Waals surface area contributed by atoms with E-state index in [9.17, 15) is 0 Å². The molecule has 3 aromatic rings. The molecule has 5 heterocycles. The van der Waals surface area contributed by atoms with Gasteiger partial charge < -0.3 is 9.97 Å². The first-order valence-corrected chi connectivity index (χ1v) is 17.7. The van der Waals surface area contributed by atoms with E-state index in [1.807, 2.05) is 0 Å². The fourth-order valence-corrected chi connectivity index (χ4v) is 7.64. The van der Waals surface area contributed by atoms with Gasteiger partial charge in [-0.25, -0.2) is 9.97 Å². The van der Waals surface area contributed by atoms with Gasteiger partial charge in [0.05, 0.1) is 42.8 Å². The van der Waals surface area contributed by atoms with Crippen LogP contribution in [0.15, 0.2) is 33.2 Å². The second-order valence-electron chi connectivity index (χ2n) is 12.1. The van der Waals surface area contributed by atoms with E-state index in [0.717, 1.165) is 55.6 Å². The number of aromatic nitrogens is 4. The SMILES string of the molecule is CCCCCCCCCCc1c2nc(c(Br)c3ccc([nH]3)c(C3CCCCC3)c3ccc([nH]3)c(Br)c3nc1C=C3)C=C2. The van der Waals surface area contributed by atoms with Crippen LogP contribution < -0.4 is 0 Å². The first kappa shape index (κ1) is 29.6. The van der Waals surface area contributed by atoms with E-state index < -0.39 is 0 Å². The molecule has 0 radical (unpaired) electrons. The Hall–Kier alpha value is -2.44. The van der Waals surface area contributed by atoms with Crippen LogP contribution in [-0.4, -0.2) is 19.9 Å². The predicted molar refractivity (Wildman–Crippen MR) is 186 cm³/mol. The van der Waals surface area contributed by atoms with Gasteiger partial charge in [-0.2, -0.15) is 0 Å². The molecule has 2 N–H and O–H groups in total. The maximum absolute atomic E-state index is 5.15. The van der Waals surface area contributed by atoms with Crippen molar-refractivity contribution in [3.63, 3.8) is 0 Å². The third kappa shape index (κ3) is 6.55. The number of fused-ring (bicyclic) bond motifs is 8. The van der Waals surface area contributed by atoms with E-state index in [1.165, 1.54) is 99.2 Å². The summed E-state index contributed by atoms with van der Waals surface area (Å²) in [5.74, 6) is 0.536. The second kappa shape index (κ2) is 13.9. The van der Waals surface area contributed by atoms with Crippen LogP contribution >= 0.6 is 31.9 Å². The van der Waals surface area contributed by atoms with Crippen LogP contribution in [0.4, 0.5) is 0 Å². The van der Waals surface area contributed by atoms with Crippen LogP contribution in [-0.2, 0) is 6.42 Å². The number of hydrogen-bond donors (Lipinski definition) is 2. The lowest BCUT2D eigenvalue weighted by Gasteiger charge is -2.22. The number of hydrogen-bond acceptors (Lipinski definition) is 2. The minimum absolute atomic E-state index is 0.536. The highest BCUT2D eigenvalue weighted by atomic mass is 79.9. The number of aromatic amines is 2. The summed E-state index contributed by atoms with van der Waals surface area (Å²) in [4.78, 5) is 17.8. The molecule has 0 aromatic carbocycles. The molecule has 1 fully saturated rings. The topological polar surface area (TPSA) is 57.4 Å². The van der Waals surface area contributed by atoms with Crippen LogP contribution in [0, 0.1) is 0 Å². The highest BCUT2D eigenvalue weighted by Crippen LogP contribution is 2.38.